The van der Waals surface area contributed by atoms with Crippen LogP contribution in [0.1, 0.15) is 33.1 Å². The van der Waals surface area contributed by atoms with Crippen LogP contribution >= 0.6 is 0 Å². The molecule has 1 saturated carbocycles. The van der Waals surface area contributed by atoms with Gasteiger partial charge in [0, 0.05) is 19.3 Å². The number of ether oxygens (including phenoxy) is 1. The second kappa shape index (κ2) is 6.23. The van der Waals surface area contributed by atoms with E-state index in [0.717, 1.165) is 24.1 Å². The first kappa shape index (κ1) is 13.4. The van der Waals surface area contributed by atoms with Crippen LogP contribution in [0.15, 0.2) is 12.4 Å². The van der Waals surface area contributed by atoms with E-state index in [2.05, 4.69) is 30.5 Å². The second-order valence-electron chi connectivity index (χ2n) is 5.54. The van der Waals surface area contributed by atoms with E-state index in [0.29, 0.717) is 12.6 Å². The molecular weight excluding hydrogens is 226 g/mol. The maximum atomic E-state index is 5.06. The molecule has 0 aliphatic heterocycles. The Hall–Kier alpha value is -1.03. The fourth-order valence-corrected chi connectivity index (χ4v) is 2.90. The number of methoxy groups -OCH3 is 1. The van der Waals surface area contributed by atoms with E-state index in [-0.39, 0.29) is 0 Å². The lowest BCUT2D eigenvalue weighted by Crippen LogP contribution is -2.36. The molecule has 0 bridgehead atoms. The number of nitrogens with zero attached hydrogens (tertiary/aromatic N) is 2. The van der Waals surface area contributed by atoms with Crippen molar-refractivity contribution >= 4 is 5.69 Å². The number of aromatic nitrogens is 2. The minimum atomic E-state index is 0.582. The highest BCUT2D eigenvalue weighted by Crippen LogP contribution is 2.31. The van der Waals surface area contributed by atoms with Crippen molar-refractivity contribution < 1.29 is 4.74 Å². The molecule has 1 aliphatic rings. The van der Waals surface area contributed by atoms with Gasteiger partial charge in [-0.1, -0.05) is 20.3 Å². The first-order chi connectivity index (χ1) is 8.70. The van der Waals surface area contributed by atoms with E-state index < -0.39 is 0 Å². The molecule has 18 heavy (non-hydrogen) atoms. The topological polar surface area (TPSA) is 39.1 Å². The van der Waals surface area contributed by atoms with Gasteiger partial charge in [0.05, 0.1) is 25.0 Å². The van der Waals surface area contributed by atoms with Gasteiger partial charge in [-0.25, -0.2) is 0 Å². The molecule has 102 valence electrons. The molecule has 1 aliphatic carbocycles. The molecule has 2 unspecified atom stereocenters. The lowest BCUT2D eigenvalue weighted by molar-refractivity contribution is 0.183. The predicted octanol–water partition coefficient (Wildman–Crippen LogP) is 2.77. The summed E-state index contributed by atoms with van der Waals surface area (Å²) in [6.07, 6.45) is 8.03. The summed E-state index contributed by atoms with van der Waals surface area (Å²) in [5, 5.41) is 8.00. The molecule has 0 radical (unpaired) electrons. The first-order valence-electron chi connectivity index (χ1n) is 6.98. The smallest absolute Gasteiger partial charge is 0.0728 e. The van der Waals surface area contributed by atoms with Crippen LogP contribution in [0.25, 0.3) is 0 Å². The summed E-state index contributed by atoms with van der Waals surface area (Å²) in [5.74, 6) is 1.49. The zero-order valence-corrected chi connectivity index (χ0v) is 11.7. The van der Waals surface area contributed by atoms with Gasteiger partial charge in [-0.3, -0.25) is 4.68 Å². The molecule has 1 heterocycles. The first-order valence-corrected chi connectivity index (χ1v) is 6.98. The number of hydrogen-bond donors (Lipinski definition) is 1. The molecule has 0 amide bonds. The van der Waals surface area contributed by atoms with Crippen molar-refractivity contribution in [1.29, 1.82) is 0 Å². The van der Waals surface area contributed by atoms with Gasteiger partial charge >= 0.3 is 0 Å². The minimum Gasteiger partial charge on any atom is -0.383 e. The van der Waals surface area contributed by atoms with Gasteiger partial charge in [0.25, 0.3) is 0 Å². The van der Waals surface area contributed by atoms with Crippen LogP contribution < -0.4 is 5.32 Å². The third-order valence-electron chi connectivity index (χ3n) is 4.04. The second-order valence-corrected chi connectivity index (χ2v) is 5.54. The zero-order valence-electron chi connectivity index (χ0n) is 11.7. The van der Waals surface area contributed by atoms with Crippen molar-refractivity contribution in [2.75, 3.05) is 19.0 Å². The van der Waals surface area contributed by atoms with Crippen LogP contribution in [0.2, 0.25) is 0 Å². The predicted molar refractivity (Wildman–Crippen MR) is 73.7 cm³/mol. The Balaban J connectivity index is 1.93. The molecule has 4 heteroatoms. The number of anilines is 1. The van der Waals surface area contributed by atoms with E-state index >= 15 is 0 Å². The van der Waals surface area contributed by atoms with Gasteiger partial charge in [0.1, 0.15) is 0 Å². The summed E-state index contributed by atoms with van der Waals surface area (Å²) in [6, 6.07) is 0.582. The molecule has 1 fully saturated rings. The normalized spacial score (nSPS) is 28.3. The van der Waals surface area contributed by atoms with Gasteiger partial charge in [-0.15, -0.1) is 0 Å². The molecule has 1 aromatic heterocycles. The lowest BCUT2D eigenvalue weighted by Gasteiger charge is -2.35. The largest absolute Gasteiger partial charge is 0.383 e. The molecule has 1 aromatic rings. The molecule has 2 rings (SSSR count). The Morgan fingerprint density at radius 2 is 2.11 bits per heavy atom. The van der Waals surface area contributed by atoms with Gasteiger partial charge in [0.2, 0.25) is 0 Å². The quantitative estimate of drug-likeness (QED) is 0.874. The summed E-state index contributed by atoms with van der Waals surface area (Å²) in [4.78, 5) is 0. The van der Waals surface area contributed by atoms with Crippen LogP contribution in [-0.2, 0) is 11.3 Å². The lowest BCUT2D eigenvalue weighted by atomic mass is 9.78. The van der Waals surface area contributed by atoms with Gasteiger partial charge in [-0.05, 0) is 24.7 Å². The fraction of sp³-hybridized carbons (Fsp3) is 0.786. The van der Waals surface area contributed by atoms with E-state index in [9.17, 15) is 0 Å². The maximum absolute atomic E-state index is 5.06. The maximum Gasteiger partial charge on any atom is 0.0728 e. The Morgan fingerprint density at radius 3 is 2.78 bits per heavy atom. The monoisotopic (exact) mass is 251 g/mol. The van der Waals surface area contributed by atoms with Crippen molar-refractivity contribution in [3.8, 4) is 0 Å². The van der Waals surface area contributed by atoms with E-state index in [1.165, 1.54) is 19.3 Å². The van der Waals surface area contributed by atoms with Crippen molar-refractivity contribution in [1.82, 2.24) is 9.78 Å². The Morgan fingerprint density at radius 1 is 1.39 bits per heavy atom. The minimum absolute atomic E-state index is 0.582. The summed E-state index contributed by atoms with van der Waals surface area (Å²) in [5.41, 5.74) is 1.14. The van der Waals surface area contributed by atoms with Gasteiger partial charge in [-0.2, -0.15) is 5.10 Å². The van der Waals surface area contributed by atoms with Crippen molar-refractivity contribution in [3.05, 3.63) is 12.4 Å². The number of nitrogens with one attached hydrogen (secondary N) is 1. The van der Waals surface area contributed by atoms with E-state index in [1.54, 1.807) is 7.11 Å². The average Bonchev–Trinajstić information content (AvgIpc) is 2.79. The number of hydrogen-bond acceptors (Lipinski definition) is 3. The third-order valence-corrected chi connectivity index (χ3v) is 4.04. The van der Waals surface area contributed by atoms with Crippen LogP contribution in [0.4, 0.5) is 5.69 Å². The molecular formula is C14H25N3O. The standard InChI is InChI=1S/C14H25N3O/c1-11-5-4-6-12(2)14(11)16-13-9-15-17(10-13)7-8-18-3/h9-12,14,16H,4-8H2,1-3H3. The van der Waals surface area contributed by atoms with Crippen LogP contribution in [0.3, 0.4) is 0 Å². The van der Waals surface area contributed by atoms with Crippen LogP contribution in [0, 0.1) is 11.8 Å². The average molecular weight is 251 g/mol. The van der Waals surface area contributed by atoms with Gasteiger partial charge < -0.3 is 10.1 Å². The highest BCUT2D eigenvalue weighted by Gasteiger charge is 2.27. The fourth-order valence-electron chi connectivity index (χ4n) is 2.90. The molecule has 0 aromatic carbocycles. The Kier molecular flexibility index (Phi) is 4.64. The van der Waals surface area contributed by atoms with E-state index in [4.69, 9.17) is 4.74 Å². The molecule has 2 atom stereocenters. The summed E-state index contributed by atoms with van der Waals surface area (Å²) in [6.45, 7) is 6.22. The van der Waals surface area contributed by atoms with Crippen LogP contribution in [-0.4, -0.2) is 29.5 Å². The van der Waals surface area contributed by atoms with Crippen LogP contribution in [0.5, 0.6) is 0 Å². The zero-order chi connectivity index (χ0) is 13.0. The van der Waals surface area contributed by atoms with Gasteiger partial charge in [0.15, 0.2) is 0 Å². The Labute approximate surface area is 110 Å². The van der Waals surface area contributed by atoms with Crippen molar-refractivity contribution in [2.45, 2.75) is 45.7 Å². The van der Waals surface area contributed by atoms with Crippen molar-refractivity contribution in [2.24, 2.45) is 11.8 Å². The van der Waals surface area contributed by atoms with E-state index in [1.807, 2.05) is 10.9 Å². The summed E-state index contributed by atoms with van der Waals surface area (Å²) >= 11 is 0. The third kappa shape index (κ3) is 3.25. The number of rotatable bonds is 5. The van der Waals surface area contributed by atoms with Crippen molar-refractivity contribution in [3.63, 3.8) is 0 Å². The molecule has 1 N–H and O–H groups in total. The highest BCUT2D eigenvalue weighted by atomic mass is 16.5. The SMILES string of the molecule is COCCn1cc(NC2C(C)CCCC2C)cn1. The Bertz CT molecular complexity index is 354. The highest BCUT2D eigenvalue weighted by molar-refractivity contribution is 5.39. The summed E-state index contributed by atoms with van der Waals surface area (Å²) < 4.78 is 6.99. The molecule has 0 spiro atoms. The molecule has 4 nitrogen and oxygen atoms in total. The molecule has 0 saturated heterocycles. The summed E-state index contributed by atoms with van der Waals surface area (Å²) in [7, 11) is 1.72.